The van der Waals surface area contributed by atoms with E-state index < -0.39 is 0 Å². The molecular weight excluding hydrogens is 188 g/mol. The summed E-state index contributed by atoms with van der Waals surface area (Å²) >= 11 is 0. The van der Waals surface area contributed by atoms with Crippen molar-refractivity contribution in [3.8, 4) is 0 Å². The molecule has 2 aliphatic rings. The van der Waals surface area contributed by atoms with Gasteiger partial charge in [0, 0.05) is 19.7 Å². The van der Waals surface area contributed by atoms with Gasteiger partial charge in [-0.05, 0) is 44.2 Å². The van der Waals surface area contributed by atoms with E-state index in [1.54, 1.807) is 7.11 Å². The first-order valence-corrected chi connectivity index (χ1v) is 6.28. The molecule has 1 aliphatic heterocycles. The average Bonchev–Trinajstić information content (AvgIpc) is 2.84. The van der Waals surface area contributed by atoms with Crippen LogP contribution in [0.25, 0.3) is 0 Å². The fourth-order valence-electron chi connectivity index (χ4n) is 3.31. The van der Waals surface area contributed by atoms with E-state index in [9.17, 15) is 0 Å². The van der Waals surface area contributed by atoms with Crippen molar-refractivity contribution < 1.29 is 4.74 Å². The van der Waals surface area contributed by atoms with E-state index >= 15 is 0 Å². The minimum atomic E-state index is 0.756. The van der Waals surface area contributed by atoms with Crippen molar-refractivity contribution in [2.75, 3.05) is 33.4 Å². The summed E-state index contributed by atoms with van der Waals surface area (Å²) in [5.41, 5.74) is 5.83. The average molecular weight is 212 g/mol. The van der Waals surface area contributed by atoms with Gasteiger partial charge in [0.1, 0.15) is 0 Å². The molecule has 3 heteroatoms. The molecule has 2 rings (SSSR count). The number of methoxy groups -OCH3 is 1. The zero-order chi connectivity index (χ0) is 10.7. The van der Waals surface area contributed by atoms with Crippen LogP contribution < -0.4 is 5.73 Å². The standard InChI is InChI=1S/C12H24N2O/c1-15-9-10-5-6-14(8-10)12-4-2-3-11(12)7-13/h10-12H,2-9,13H2,1H3. The van der Waals surface area contributed by atoms with Gasteiger partial charge in [-0.15, -0.1) is 0 Å². The van der Waals surface area contributed by atoms with Gasteiger partial charge in [0.25, 0.3) is 0 Å². The monoisotopic (exact) mass is 212 g/mol. The van der Waals surface area contributed by atoms with Crippen molar-refractivity contribution in [2.45, 2.75) is 31.7 Å². The smallest absolute Gasteiger partial charge is 0.0503 e. The molecule has 1 saturated carbocycles. The molecule has 88 valence electrons. The van der Waals surface area contributed by atoms with Crippen LogP contribution in [0.3, 0.4) is 0 Å². The molecule has 0 amide bonds. The molecule has 2 N–H and O–H groups in total. The summed E-state index contributed by atoms with van der Waals surface area (Å²) in [6.45, 7) is 4.29. The van der Waals surface area contributed by atoms with Gasteiger partial charge < -0.3 is 10.5 Å². The number of nitrogens with two attached hydrogens (primary N) is 1. The van der Waals surface area contributed by atoms with Crippen LogP contribution in [0.15, 0.2) is 0 Å². The molecule has 0 aromatic rings. The molecular formula is C12H24N2O. The number of hydrogen-bond acceptors (Lipinski definition) is 3. The van der Waals surface area contributed by atoms with E-state index in [1.807, 2.05) is 0 Å². The molecule has 0 aromatic carbocycles. The summed E-state index contributed by atoms with van der Waals surface area (Å²) in [6.07, 6.45) is 5.38. The Morgan fingerprint density at radius 1 is 1.33 bits per heavy atom. The van der Waals surface area contributed by atoms with Gasteiger partial charge in [0.15, 0.2) is 0 Å². The lowest BCUT2D eigenvalue weighted by Gasteiger charge is -2.28. The SMILES string of the molecule is COCC1CCN(C2CCCC2CN)C1. The highest BCUT2D eigenvalue weighted by molar-refractivity contribution is 4.89. The van der Waals surface area contributed by atoms with Gasteiger partial charge in [-0.3, -0.25) is 4.90 Å². The Balaban J connectivity index is 1.84. The Kier molecular flexibility index (Phi) is 4.00. The first-order valence-electron chi connectivity index (χ1n) is 6.28. The molecule has 0 bridgehead atoms. The lowest BCUT2D eigenvalue weighted by molar-refractivity contribution is 0.140. The first kappa shape index (κ1) is 11.4. The van der Waals surface area contributed by atoms with Crippen molar-refractivity contribution >= 4 is 0 Å². The predicted molar refractivity (Wildman–Crippen MR) is 61.7 cm³/mol. The molecule has 3 nitrogen and oxygen atoms in total. The van der Waals surface area contributed by atoms with Crippen LogP contribution in [0.1, 0.15) is 25.7 Å². The van der Waals surface area contributed by atoms with E-state index in [2.05, 4.69) is 4.90 Å². The topological polar surface area (TPSA) is 38.5 Å². The number of rotatable bonds is 4. The van der Waals surface area contributed by atoms with E-state index in [0.717, 1.165) is 31.0 Å². The number of ether oxygens (including phenoxy) is 1. The summed E-state index contributed by atoms with van der Waals surface area (Å²) in [4.78, 5) is 2.66. The maximum atomic E-state index is 5.83. The number of nitrogens with zero attached hydrogens (tertiary/aromatic N) is 1. The largest absolute Gasteiger partial charge is 0.384 e. The molecule has 0 radical (unpaired) electrons. The molecule has 0 spiro atoms. The summed E-state index contributed by atoms with van der Waals surface area (Å²) in [5, 5.41) is 0. The summed E-state index contributed by atoms with van der Waals surface area (Å²) in [5.74, 6) is 1.51. The quantitative estimate of drug-likeness (QED) is 0.758. The van der Waals surface area contributed by atoms with Crippen LogP contribution in [0.4, 0.5) is 0 Å². The van der Waals surface area contributed by atoms with Gasteiger partial charge in [-0.2, -0.15) is 0 Å². The lowest BCUT2D eigenvalue weighted by Crippen LogP contribution is -2.39. The van der Waals surface area contributed by atoms with Gasteiger partial charge in [-0.25, -0.2) is 0 Å². The van der Waals surface area contributed by atoms with Crippen LogP contribution in [0, 0.1) is 11.8 Å². The second-order valence-corrected chi connectivity index (χ2v) is 5.10. The molecule has 1 aliphatic carbocycles. The molecule has 1 heterocycles. The van der Waals surface area contributed by atoms with Crippen LogP contribution in [-0.4, -0.2) is 44.3 Å². The third-order valence-electron chi connectivity index (χ3n) is 4.11. The second-order valence-electron chi connectivity index (χ2n) is 5.10. The first-order chi connectivity index (χ1) is 7.35. The third kappa shape index (κ3) is 2.52. The highest BCUT2D eigenvalue weighted by Crippen LogP contribution is 2.32. The minimum Gasteiger partial charge on any atom is -0.384 e. The van der Waals surface area contributed by atoms with Crippen molar-refractivity contribution in [2.24, 2.45) is 17.6 Å². The fraction of sp³-hybridized carbons (Fsp3) is 1.00. The Morgan fingerprint density at radius 2 is 2.20 bits per heavy atom. The summed E-state index contributed by atoms with van der Waals surface area (Å²) < 4.78 is 5.24. The molecule has 3 atom stereocenters. The Bertz CT molecular complexity index is 198. The second kappa shape index (κ2) is 5.28. The van der Waals surface area contributed by atoms with E-state index in [0.29, 0.717) is 0 Å². The molecule has 15 heavy (non-hydrogen) atoms. The van der Waals surface area contributed by atoms with Crippen LogP contribution in [-0.2, 0) is 4.74 Å². The van der Waals surface area contributed by atoms with Crippen molar-refractivity contribution in [3.63, 3.8) is 0 Å². The van der Waals surface area contributed by atoms with Crippen molar-refractivity contribution in [1.29, 1.82) is 0 Å². The van der Waals surface area contributed by atoms with E-state index in [-0.39, 0.29) is 0 Å². The predicted octanol–water partition coefficient (Wildman–Crippen LogP) is 1.08. The normalized spacial score (nSPS) is 37.6. The van der Waals surface area contributed by atoms with Crippen LogP contribution >= 0.6 is 0 Å². The van der Waals surface area contributed by atoms with Gasteiger partial charge in [0.05, 0.1) is 6.61 Å². The van der Waals surface area contributed by atoms with Crippen molar-refractivity contribution in [3.05, 3.63) is 0 Å². The lowest BCUT2D eigenvalue weighted by atomic mass is 10.0. The molecule has 3 unspecified atom stereocenters. The van der Waals surface area contributed by atoms with Gasteiger partial charge in [0.2, 0.25) is 0 Å². The molecule has 2 fully saturated rings. The minimum absolute atomic E-state index is 0.756. The van der Waals surface area contributed by atoms with Crippen LogP contribution in [0.2, 0.25) is 0 Å². The highest BCUT2D eigenvalue weighted by Gasteiger charge is 2.35. The Labute approximate surface area is 93.0 Å². The number of hydrogen-bond donors (Lipinski definition) is 1. The van der Waals surface area contributed by atoms with E-state index in [1.165, 1.54) is 38.8 Å². The maximum Gasteiger partial charge on any atom is 0.0503 e. The Hall–Kier alpha value is -0.120. The van der Waals surface area contributed by atoms with Crippen LogP contribution in [0.5, 0.6) is 0 Å². The van der Waals surface area contributed by atoms with E-state index in [4.69, 9.17) is 10.5 Å². The fourth-order valence-corrected chi connectivity index (χ4v) is 3.31. The van der Waals surface area contributed by atoms with Gasteiger partial charge in [-0.1, -0.05) is 6.42 Å². The molecule has 1 saturated heterocycles. The maximum absolute atomic E-state index is 5.83. The summed E-state index contributed by atoms with van der Waals surface area (Å²) in [7, 11) is 1.81. The number of likely N-dealkylation sites (tertiary alicyclic amines) is 1. The van der Waals surface area contributed by atoms with Gasteiger partial charge >= 0.3 is 0 Å². The molecule has 0 aromatic heterocycles. The highest BCUT2D eigenvalue weighted by atomic mass is 16.5. The Morgan fingerprint density at radius 3 is 2.93 bits per heavy atom. The zero-order valence-corrected chi connectivity index (χ0v) is 9.82. The summed E-state index contributed by atoms with van der Waals surface area (Å²) in [6, 6.07) is 0.775. The van der Waals surface area contributed by atoms with Crippen molar-refractivity contribution in [1.82, 2.24) is 4.90 Å². The zero-order valence-electron chi connectivity index (χ0n) is 9.82. The third-order valence-corrected chi connectivity index (χ3v) is 4.11.